The molecule has 0 aliphatic carbocycles. The summed E-state index contributed by atoms with van der Waals surface area (Å²) < 4.78 is 12.0. The van der Waals surface area contributed by atoms with Gasteiger partial charge in [0.1, 0.15) is 5.75 Å². The van der Waals surface area contributed by atoms with Crippen molar-refractivity contribution in [2.24, 2.45) is 0 Å². The molecule has 1 aromatic carbocycles. The lowest BCUT2D eigenvalue weighted by atomic mass is 10.1. The Morgan fingerprint density at radius 2 is 2.20 bits per heavy atom. The van der Waals surface area contributed by atoms with E-state index in [1.165, 1.54) is 19.4 Å². The predicted octanol–water partition coefficient (Wildman–Crippen LogP) is 2.65. The second kappa shape index (κ2) is 6.08. The van der Waals surface area contributed by atoms with Crippen LogP contribution in [0.5, 0.6) is 5.75 Å². The van der Waals surface area contributed by atoms with Crippen molar-refractivity contribution in [1.29, 1.82) is 0 Å². The van der Waals surface area contributed by atoms with Crippen molar-refractivity contribution >= 4 is 17.4 Å². The number of ether oxygens (including phenoxy) is 1. The molecule has 0 fully saturated rings. The molecule has 0 atom stereocenters. The summed E-state index contributed by atoms with van der Waals surface area (Å²) in [4.78, 5) is 20.9. The SMILES string of the molecule is COc1ccc(-c2cn3cccnc3n2)cc1NC(=O)c1ccno1. The first-order valence-electron chi connectivity index (χ1n) is 7.45. The lowest BCUT2D eigenvalue weighted by molar-refractivity contribution is 0.0987. The summed E-state index contributed by atoms with van der Waals surface area (Å²) in [6.07, 6.45) is 6.83. The quantitative estimate of drug-likeness (QED) is 0.616. The van der Waals surface area contributed by atoms with Crippen LogP contribution in [0, 0.1) is 0 Å². The average molecular weight is 335 g/mol. The summed E-state index contributed by atoms with van der Waals surface area (Å²) >= 11 is 0. The van der Waals surface area contributed by atoms with Gasteiger partial charge in [-0.3, -0.25) is 9.20 Å². The van der Waals surface area contributed by atoms with Gasteiger partial charge in [-0.25, -0.2) is 9.97 Å². The molecule has 124 valence electrons. The molecule has 0 aliphatic rings. The number of anilines is 1. The Bertz CT molecular complexity index is 1010. The fraction of sp³-hybridized carbons (Fsp3) is 0.0588. The maximum absolute atomic E-state index is 12.2. The first-order chi connectivity index (χ1) is 12.2. The summed E-state index contributed by atoms with van der Waals surface area (Å²) in [5.74, 6) is 0.827. The highest BCUT2D eigenvalue weighted by Crippen LogP contribution is 2.30. The number of methoxy groups -OCH3 is 1. The van der Waals surface area contributed by atoms with E-state index < -0.39 is 5.91 Å². The molecule has 3 aromatic heterocycles. The molecule has 4 rings (SSSR count). The minimum absolute atomic E-state index is 0.115. The van der Waals surface area contributed by atoms with Crippen molar-refractivity contribution in [2.45, 2.75) is 0 Å². The van der Waals surface area contributed by atoms with Crippen molar-refractivity contribution in [2.75, 3.05) is 12.4 Å². The van der Waals surface area contributed by atoms with Gasteiger partial charge in [0.15, 0.2) is 0 Å². The van der Waals surface area contributed by atoms with Crippen LogP contribution in [0.25, 0.3) is 17.0 Å². The number of rotatable bonds is 4. The van der Waals surface area contributed by atoms with E-state index in [1.807, 2.05) is 28.9 Å². The Hall–Kier alpha value is -3.68. The molecule has 0 saturated carbocycles. The maximum Gasteiger partial charge on any atom is 0.294 e. The van der Waals surface area contributed by atoms with Gasteiger partial charge in [-0.2, -0.15) is 0 Å². The van der Waals surface area contributed by atoms with E-state index in [2.05, 4.69) is 20.4 Å². The molecule has 0 bridgehead atoms. The van der Waals surface area contributed by atoms with Crippen molar-refractivity contribution < 1.29 is 14.1 Å². The summed E-state index contributed by atoms with van der Waals surface area (Å²) in [6, 6.07) is 8.73. The number of imidazole rings is 1. The Balaban J connectivity index is 1.71. The van der Waals surface area contributed by atoms with Crippen LogP contribution in [0.15, 0.2) is 59.6 Å². The standard InChI is InChI=1S/C17H13N5O3/c1-24-14-4-3-11(13-10-22-8-2-6-18-17(22)21-13)9-12(14)20-16(23)15-5-7-19-25-15/h2-10H,1H3,(H,20,23). The molecule has 0 saturated heterocycles. The Morgan fingerprint density at radius 3 is 2.96 bits per heavy atom. The minimum Gasteiger partial charge on any atom is -0.495 e. The van der Waals surface area contributed by atoms with E-state index in [0.717, 1.165) is 11.3 Å². The molecule has 0 spiro atoms. The molecule has 25 heavy (non-hydrogen) atoms. The number of benzene rings is 1. The third-order valence-electron chi connectivity index (χ3n) is 3.64. The zero-order valence-electron chi connectivity index (χ0n) is 13.2. The molecule has 1 N–H and O–H groups in total. The van der Waals surface area contributed by atoms with Crippen LogP contribution in [0.4, 0.5) is 5.69 Å². The van der Waals surface area contributed by atoms with Gasteiger partial charge < -0.3 is 14.6 Å². The van der Waals surface area contributed by atoms with E-state index in [-0.39, 0.29) is 5.76 Å². The Labute approximate surface area is 142 Å². The highest BCUT2D eigenvalue weighted by Gasteiger charge is 2.15. The zero-order valence-corrected chi connectivity index (χ0v) is 13.2. The number of hydrogen-bond acceptors (Lipinski definition) is 6. The van der Waals surface area contributed by atoms with Crippen molar-refractivity contribution in [3.8, 4) is 17.0 Å². The fourth-order valence-electron chi connectivity index (χ4n) is 2.45. The summed E-state index contributed by atoms with van der Waals surface area (Å²) in [5.41, 5.74) is 2.06. The second-order valence-corrected chi connectivity index (χ2v) is 5.20. The van der Waals surface area contributed by atoms with E-state index in [9.17, 15) is 4.79 Å². The number of hydrogen-bond donors (Lipinski definition) is 1. The molecule has 0 unspecified atom stereocenters. The molecule has 0 radical (unpaired) electrons. The zero-order chi connectivity index (χ0) is 17.2. The second-order valence-electron chi connectivity index (χ2n) is 5.20. The van der Waals surface area contributed by atoms with Crippen LogP contribution in [-0.4, -0.2) is 32.5 Å². The average Bonchev–Trinajstić information content (AvgIpc) is 3.31. The monoisotopic (exact) mass is 335 g/mol. The van der Waals surface area contributed by atoms with Gasteiger partial charge in [-0.1, -0.05) is 5.16 Å². The van der Waals surface area contributed by atoms with Crippen LogP contribution in [0.1, 0.15) is 10.6 Å². The van der Waals surface area contributed by atoms with Crippen LogP contribution in [0.2, 0.25) is 0 Å². The molecule has 0 aliphatic heterocycles. The van der Waals surface area contributed by atoms with E-state index in [4.69, 9.17) is 9.26 Å². The smallest absolute Gasteiger partial charge is 0.294 e. The summed E-state index contributed by atoms with van der Waals surface area (Å²) in [5, 5.41) is 6.29. The minimum atomic E-state index is -0.412. The first-order valence-corrected chi connectivity index (χ1v) is 7.45. The van der Waals surface area contributed by atoms with E-state index in [0.29, 0.717) is 17.2 Å². The highest BCUT2D eigenvalue weighted by atomic mass is 16.5. The van der Waals surface area contributed by atoms with Crippen LogP contribution < -0.4 is 10.1 Å². The number of amides is 1. The van der Waals surface area contributed by atoms with Gasteiger partial charge >= 0.3 is 0 Å². The predicted molar refractivity (Wildman–Crippen MR) is 89.4 cm³/mol. The van der Waals surface area contributed by atoms with Gasteiger partial charge in [0.25, 0.3) is 5.91 Å². The van der Waals surface area contributed by atoms with Gasteiger partial charge in [0.05, 0.1) is 24.7 Å². The summed E-state index contributed by atoms with van der Waals surface area (Å²) in [7, 11) is 1.54. The molecule has 1 amide bonds. The molecular formula is C17H13N5O3. The normalized spacial score (nSPS) is 10.8. The highest BCUT2D eigenvalue weighted by molar-refractivity contribution is 6.03. The third kappa shape index (κ3) is 2.80. The van der Waals surface area contributed by atoms with Crippen LogP contribution >= 0.6 is 0 Å². The van der Waals surface area contributed by atoms with Gasteiger partial charge in [-0.15, -0.1) is 0 Å². The Kier molecular flexibility index (Phi) is 3.62. The number of carbonyl (C=O) groups excluding carboxylic acids is 1. The van der Waals surface area contributed by atoms with Gasteiger partial charge in [-0.05, 0) is 24.3 Å². The molecular weight excluding hydrogens is 322 g/mol. The largest absolute Gasteiger partial charge is 0.495 e. The lowest BCUT2D eigenvalue weighted by Crippen LogP contribution is -2.11. The first kappa shape index (κ1) is 14.9. The third-order valence-corrected chi connectivity index (χ3v) is 3.64. The fourth-order valence-corrected chi connectivity index (χ4v) is 2.45. The molecule has 4 aromatic rings. The van der Waals surface area contributed by atoms with E-state index in [1.54, 1.807) is 18.3 Å². The number of nitrogens with one attached hydrogen (secondary N) is 1. The summed E-state index contributed by atoms with van der Waals surface area (Å²) in [6.45, 7) is 0. The van der Waals surface area contributed by atoms with Crippen LogP contribution in [-0.2, 0) is 0 Å². The van der Waals surface area contributed by atoms with Gasteiger partial charge in [0, 0.05) is 30.2 Å². The van der Waals surface area contributed by atoms with Crippen molar-refractivity contribution in [3.63, 3.8) is 0 Å². The lowest BCUT2D eigenvalue weighted by Gasteiger charge is -2.10. The van der Waals surface area contributed by atoms with E-state index >= 15 is 0 Å². The topological polar surface area (TPSA) is 94.6 Å². The van der Waals surface area contributed by atoms with Crippen molar-refractivity contribution in [3.05, 3.63) is 60.9 Å². The maximum atomic E-state index is 12.2. The number of aromatic nitrogens is 4. The number of fused-ring (bicyclic) bond motifs is 1. The number of carbonyl (C=O) groups is 1. The molecule has 3 heterocycles. The van der Waals surface area contributed by atoms with Crippen LogP contribution in [0.3, 0.4) is 0 Å². The van der Waals surface area contributed by atoms with Gasteiger partial charge in [0.2, 0.25) is 11.5 Å². The Morgan fingerprint density at radius 1 is 1.28 bits per heavy atom. The molecule has 8 nitrogen and oxygen atoms in total. The van der Waals surface area contributed by atoms with Crippen molar-refractivity contribution in [1.82, 2.24) is 19.5 Å². The number of nitrogens with zero attached hydrogens (tertiary/aromatic N) is 4. The molecule has 8 heteroatoms.